The number of hydrogen-bond donors (Lipinski definition) is 0. The molecule has 0 amide bonds. The van der Waals surface area contributed by atoms with Crippen LogP contribution in [0.4, 0.5) is 0 Å². The number of nitrogens with zero attached hydrogens (tertiary/aromatic N) is 2. The van der Waals surface area contributed by atoms with Crippen molar-refractivity contribution in [3.8, 4) is 0 Å². The average Bonchev–Trinajstić information content (AvgIpc) is 2.72. The predicted molar refractivity (Wildman–Crippen MR) is 65.0 cm³/mol. The van der Waals surface area contributed by atoms with Gasteiger partial charge in [0.05, 0.1) is 4.21 Å². The molecule has 5 heteroatoms. The third-order valence-corrected chi connectivity index (χ3v) is 4.59. The maximum atomic E-state index is 5.89. The fraction of sp³-hybridized carbons (Fsp3) is 0.200. The summed E-state index contributed by atoms with van der Waals surface area (Å²) in [5.74, 6) is 0. The lowest BCUT2D eigenvalue weighted by Crippen LogP contribution is -1.94. The van der Waals surface area contributed by atoms with E-state index < -0.39 is 0 Å². The molecule has 0 unspecified atom stereocenters. The Morgan fingerprint density at radius 3 is 2.73 bits per heavy atom. The van der Waals surface area contributed by atoms with E-state index in [0.29, 0.717) is 5.15 Å². The zero-order valence-corrected chi connectivity index (χ0v) is 10.7. The first kappa shape index (κ1) is 10.9. The van der Waals surface area contributed by atoms with Gasteiger partial charge in [-0.3, -0.25) is 0 Å². The third-order valence-electron chi connectivity index (χ3n) is 2.11. The van der Waals surface area contributed by atoms with Gasteiger partial charge in [-0.2, -0.15) is 0 Å². The van der Waals surface area contributed by atoms with E-state index in [2.05, 4.69) is 16.3 Å². The summed E-state index contributed by atoms with van der Waals surface area (Å²) in [6.45, 7) is 3.98. The molecule has 2 heterocycles. The van der Waals surface area contributed by atoms with Crippen LogP contribution >= 0.6 is 34.7 Å². The Bertz CT molecular complexity index is 469. The zero-order chi connectivity index (χ0) is 10.8. The molecule has 0 saturated carbocycles. The number of aromatic nitrogens is 2. The highest BCUT2D eigenvalue weighted by Gasteiger charge is 2.09. The minimum absolute atomic E-state index is 0.489. The number of hydrogen-bond acceptors (Lipinski definition) is 4. The van der Waals surface area contributed by atoms with Gasteiger partial charge >= 0.3 is 0 Å². The summed E-state index contributed by atoms with van der Waals surface area (Å²) in [6.07, 6.45) is 0. The van der Waals surface area contributed by atoms with Crippen LogP contribution in [-0.4, -0.2) is 10.2 Å². The largest absolute Gasteiger partial charge is 0.154 e. The molecule has 0 fully saturated rings. The van der Waals surface area contributed by atoms with Crippen LogP contribution in [-0.2, 0) is 0 Å². The van der Waals surface area contributed by atoms with E-state index in [-0.39, 0.29) is 0 Å². The van der Waals surface area contributed by atoms with E-state index >= 15 is 0 Å². The lowest BCUT2D eigenvalue weighted by atomic mass is 10.2. The minimum atomic E-state index is 0.489. The summed E-state index contributed by atoms with van der Waals surface area (Å²) in [7, 11) is 0. The first-order chi connectivity index (χ1) is 7.18. The van der Waals surface area contributed by atoms with Crippen LogP contribution in [0.2, 0.25) is 5.15 Å². The Hall–Kier alpha value is -0.580. The van der Waals surface area contributed by atoms with E-state index in [1.54, 1.807) is 23.1 Å². The second-order valence-corrected chi connectivity index (χ2v) is 5.67. The summed E-state index contributed by atoms with van der Waals surface area (Å²) in [5.41, 5.74) is 2.11. The molecule has 0 atom stereocenters. The molecular formula is C10H9ClN2S2. The quantitative estimate of drug-likeness (QED) is 0.813. The van der Waals surface area contributed by atoms with Crippen molar-refractivity contribution in [1.29, 1.82) is 0 Å². The Morgan fingerprint density at radius 2 is 2.07 bits per heavy atom. The van der Waals surface area contributed by atoms with Gasteiger partial charge in [-0.15, -0.1) is 21.5 Å². The lowest BCUT2D eigenvalue weighted by molar-refractivity contribution is 0.892. The fourth-order valence-corrected chi connectivity index (χ4v) is 3.02. The Kier molecular flexibility index (Phi) is 3.29. The van der Waals surface area contributed by atoms with E-state index in [0.717, 1.165) is 16.2 Å². The average molecular weight is 257 g/mol. The molecule has 0 radical (unpaired) electrons. The molecule has 2 aromatic heterocycles. The van der Waals surface area contributed by atoms with Crippen molar-refractivity contribution >= 4 is 34.7 Å². The van der Waals surface area contributed by atoms with Crippen LogP contribution in [0.15, 0.2) is 26.7 Å². The number of rotatable bonds is 2. The van der Waals surface area contributed by atoms with Crippen LogP contribution in [0.5, 0.6) is 0 Å². The molecule has 0 bridgehead atoms. The lowest BCUT2D eigenvalue weighted by Gasteiger charge is -2.05. The first-order valence-corrected chi connectivity index (χ1v) is 6.46. The highest BCUT2D eigenvalue weighted by Crippen LogP contribution is 2.33. The summed E-state index contributed by atoms with van der Waals surface area (Å²) in [5, 5.41) is 11.5. The fourth-order valence-electron chi connectivity index (χ4n) is 1.07. The molecule has 2 nitrogen and oxygen atoms in total. The van der Waals surface area contributed by atoms with Crippen LogP contribution in [0.25, 0.3) is 0 Å². The molecule has 0 spiro atoms. The molecule has 0 aliphatic carbocycles. The van der Waals surface area contributed by atoms with Gasteiger partial charge < -0.3 is 0 Å². The second-order valence-electron chi connectivity index (χ2n) is 3.08. The van der Waals surface area contributed by atoms with E-state index in [4.69, 9.17) is 11.6 Å². The van der Waals surface area contributed by atoms with Crippen molar-refractivity contribution in [2.45, 2.75) is 23.1 Å². The Balaban J connectivity index is 2.34. The summed E-state index contributed by atoms with van der Waals surface area (Å²) in [4.78, 5) is 0. The smallest absolute Gasteiger partial charge is 0.142 e. The van der Waals surface area contributed by atoms with Gasteiger partial charge in [0, 0.05) is 0 Å². The maximum Gasteiger partial charge on any atom is 0.154 e. The summed E-state index contributed by atoms with van der Waals surface area (Å²) < 4.78 is 1.22. The Labute approximate surface area is 102 Å². The van der Waals surface area contributed by atoms with Crippen molar-refractivity contribution in [2.75, 3.05) is 0 Å². The number of halogens is 1. The van der Waals surface area contributed by atoms with E-state index in [1.807, 2.05) is 25.3 Å². The molecule has 2 rings (SSSR count). The molecule has 0 aliphatic rings. The van der Waals surface area contributed by atoms with Crippen molar-refractivity contribution in [3.05, 3.63) is 33.8 Å². The van der Waals surface area contributed by atoms with Gasteiger partial charge in [-0.25, -0.2) is 0 Å². The van der Waals surface area contributed by atoms with Crippen molar-refractivity contribution in [3.63, 3.8) is 0 Å². The van der Waals surface area contributed by atoms with Gasteiger partial charge in [0.2, 0.25) is 0 Å². The van der Waals surface area contributed by atoms with E-state index in [9.17, 15) is 0 Å². The monoisotopic (exact) mass is 256 g/mol. The van der Waals surface area contributed by atoms with Gasteiger partial charge in [0.1, 0.15) is 5.03 Å². The van der Waals surface area contributed by atoms with Crippen molar-refractivity contribution < 1.29 is 0 Å². The first-order valence-electron chi connectivity index (χ1n) is 4.39. The number of thiophene rings is 1. The van der Waals surface area contributed by atoms with Gasteiger partial charge in [0.15, 0.2) is 5.15 Å². The Morgan fingerprint density at radius 1 is 1.27 bits per heavy atom. The molecule has 0 saturated heterocycles. The van der Waals surface area contributed by atoms with Crippen molar-refractivity contribution in [2.24, 2.45) is 0 Å². The summed E-state index contributed by atoms with van der Waals surface area (Å²) in [6, 6.07) is 4.10. The third kappa shape index (κ3) is 2.33. The SMILES string of the molecule is Cc1c(Cl)nnc(Sc2cccs2)c1C. The molecule has 2 aromatic rings. The molecule has 0 aromatic carbocycles. The predicted octanol–water partition coefficient (Wildman–Crippen LogP) is 3.96. The van der Waals surface area contributed by atoms with E-state index in [1.165, 1.54) is 4.21 Å². The highest BCUT2D eigenvalue weighted by atomic mass is 35.5. The topological polar surface area (TPSA) is 25.8 Å². The van der Waals surface area contributed by atoms with Crippen molar-refractivity contribution in [1.82, 2.24) is 10.2 Å². The molecule has 0 aliphatic heterocycles. The maximum absolute atomic E-state index is 5.89. The second kappa shape index (κ2) is 4.51. The molecule has 0 N–H and O–H groups in total. The minimum Gasteiger partial charge on any atom is -0.142 e. The standard InChI is InChI=1S/C10H9ClN2S2/c1-6-7(2)10(13-12-9(6)11)15-8-4-3-5-14-8/h3-5H,1-2H3. The van der Waals surface area contributed by atoms with Crippen LogP contribution in [0, 0.1) is 13.8 Å². The molecular weight excluding hydrogens is 248 g/mol. The summed E-state index contributed by atoms with van der Waals surface area (Å²) >= 11 is 9.22. The highest BCUT2D eigenvalue weighted by molar-refractivity contribution is 8.01. The molecule has 78 valence electrons. The normalized spacial score (nSPS) is 10.6. The van der Waals surface area contributed by atoms with Crippen LogP contribution in [0.3, 0.4) is 0 Å². The van der Waals surface area contributed by atoms with Gasteiger partial charge in [-0.05, 0) is 36.4 Å². The van der Waals surface area contributed by atoms with Gasteiger partial charge in [-0.1, -0.05) is 29.4 Å². The van der Waals surface area contributed by atoms with Crippen LogP contribution < -0.4 is 0 Å². The van der Waals surface area contributed by atoms with Crippen LogP contribution in [0.1, 0.15) is 11.1 Å². The van der Waals surface area contributed by atoms with Gasteiger partial charge in [0.25, 0.3) is 0 Å². The zero-order valence-electron chi connectivity index (χ0n) is 8.32. The molecule has 15 heavy (non-hydrogen) atoms.